The Bertz CT molecular complexity index is 145. The van der Waals surface area contributed by atoms with Gasteiger partial charge >= 0.3 is 5.97 Å². The largest absolute Gasteiger partial charge is 0.460 e. The maximum Gasteiger partial charge on any atom is 0.306 e. The minimum atomic E-state index is -0.332. The van der Waals surface area contributed by atoms with E-state index in [1.807, 2.05) is 20.8 Å². The molecular weight excluding hydrogens is 164 g/mol. The first kappa shape index (κ1) is 12.5. The standard InChI is InChI=1S/C11H22O2/c1-5-6-7-8-9-10(12)13-11(2,3)4/h5-9H2,1-4H3. The second-order valence-electron chi connectivity index (χ2n) is 4.40. The van der Waals surface area contributed by atoms with Gasteiger partial charge in [-0.15, -0.1) is 0 Å². The Morgan fingerprint density at radius 3 is 2.23 bits per heavy atom. The topological polar surface area (TPSA) is 26.3 Å². The lowest BCUT2D eigenvalue weighted by molar-refractivity contribution is -0.154. The zero-order valence-electron chi connectivity index (χ0n) is 9.35. The molecule has 0 aromatic heterocycles. The number of hydrogen-bond donors (Lipinski definition) is 0. The van der Waals surface area contributed by atoms with Crippen molar-refractivity contribution >= 4 is 5.97 Å². The third kappa shape index (κ3) is 9.38. The minimum absolute atomic E-state index is 0.0661. The summed E-state index contributed by atoms with van der Waals surface area (Å²) in [6.45, 7) is 7.86. The lowest BCUT2D eigenvalue weighted by Gasteiger charge is -2.19. The molecule has 0 amide bonds. The monoisotopic (exact) mass is 186 g/mol. The maximum absolute atomic E-state index is 11.2. The van der Waals surface area contributed by atoms with E-state index in [2.05, 4.69) is 6.92 Å². The van der Waals surface area contributed by atoms with Gasteiger partial charge in [0.05, 0.1) is 0 Å². The van der Waals surface area contributed by atoms with Crippen LogP contribution in [0.25, 0.3) is 0 Å². The lowest BCUT2D eigenvalue weighted by Crippen LogP contribution is -2.23. The van der Waals surface area contributed by atoms with Crippen molar-refractivity contribution in [2.45, 2.75) is 65.4 Å². The van der Waals surface area contributed by atoms with E-state index >= 15 is 0 Å². The van der Waals surface area contributed by atoms with Gasteiger partial charge in [0.15, 0.2) is 0 Å². The number of carbonyl (C=O) groups is 1. The first-order valence-electron chi connectivity index (χ1n) is 5.17. The van der Waals surface area contributed by atoms with Crippen molar-refractivity contribution < 1.29 is 9.53 Å². The van der Waals surface area contributed by atoms with Crippen molar-refractivity contribution in [3.8, 4) is 0 Å². The first-order valence-corrected chi connectivity index (χ1v) is 5.17. The van der Waals surface area contributed by atoms with E-state index in [0.29, 0.717) is 6.42 Å². The molecular formula is C11H22O2. The molecule has 0 aromatic carbocycles. The summed E-state index contributed by atoms with van der Waals surface area (Å²) >= 11 is 0. The van der Waals surface area contributed by atoms with Crippen LogP contribution in [0.3, 0.4) is 0 Å². The number of carbonyl (C=O) groups excluding carboxylic acids is 1. The molecule has 0 radical (unpaired) electrons. The predicted molar refractivity (Wildman–Crippen MR) is 54.6 cm³/mol. The van der Waals surface area contributed by atoms with Gasteiger partial charge in [-0.25, -0.2) is 0 Å². The molecule has 2 heteroatoms. The molecule has 2 nitrogen and oxygen atoms in total. The molecule has 0 aromatic rings. The molecule has 0 saturated carbocycles. The molecule has 0 aliphatic heterocycles. The Morgan fingerprint density at radius 1 is 1.15 bits per heavy atom. The zero-order chi connectivity index (χ0) is 10.3. The van der Waals surface area contributed by atoms with E-state index in [1.54, 1.807) is 0 Å². The Labute approximate surface area is 81.7 Å². The van der Waals surface area contributed by atoms with E-state index in [1.165, 1.54) is 12.8 Å². The number of rotatable bonds is 5. The summed E-state index contributed by atoms with van der Waals surface area (Å²) in [6.07, 6.45) is 5.08. The molecule has 0 N–H and O–H groups in total. The summed E-state index contributed by atoms with van der Waals surface area (Å²) in [5, 5.41) is 0. The van der Waals surface area contributed by atoms with Crippen molar-refractivity contribution in [3.05, 3.63) is 0 Å². The molecule has 0 fully saturated rings. The average Bonchev–Trinajstić information content (AvgIpc) is 1.94. The first-order chi connectivity index (χ1) is 5.95. The molecule has 0 saturated heterocycles. The Kier molecular flexibility index (Phi) is 5.76. The van der Waals surface area contributed by atoms with Crippen LogP contribution in [0.4, 0.5) is 0 Å². The van der Waals surface area contributed by atoms with E-state index in [0.717, 1.165) is 12.8 Å². The van der Waals surface area contributed by atoms with Gasteiger partial charge in [-0.05, 0) is 27.2 Å². The highest BCUT2D eigenvalue weighted by atomic mass is 16.6. The fourth-order valence-corrected chi connectivity index (χ4v) is 1.09. The van der Waals surface area contributed by atoms with Crippen molar-refractivity contribution in [3.63, 3.8) is 0 Å². The van der Waals surface area contributed by atoms with Crippen molar-refractivity contribution in [2.24, 2.45) is 0 Å². The highest BCUT2D eigenvalue weighted by Crippen LogP contribution is 2.10. The third-order valence-electron chi connectivity index (χ3n) is 1.65. The normalized spacial score (nSPS) is 11.4. The molecule has 13 heavy (non-hydrogen) atoms. The molecule has 0 aliphatic rings. The van der Waals surface area contributed by atoms with Crippen LogP contribution >= 0.6 is 0 Å². The van der Waals surface area contributed by atoms with Crippen LogP contribution in [0, 0.1) is 0 Å². The second-order valence-corrected chi connectivity index (χ2v) is 4.40. The molecule has 78 valence electrons. The summed E-state index contributed by atoms with van der Waals surface area (Å²) in [7, 11) is 0. The number of esters is 1. The van der Waals surface area contributed by atoms with Crippen LogP contribution in [0.2, 0.25) is 0 Å². The number of unbranched alkanes of at least 4 members (excludes halogenated alkanes) is 3. The predicted octanol–water partition coefficient (Wildman–Crippen LogP) is 3.30. The van der Waals surface area contributed by atoms with Crippen LogP contribution in [-0.2, 0) is 9.53 Å². The SMILES string of the molecule is CCCCCCC(=O)OC(C)(C)C. The fraction of sp³-hybridized carbons (Fsp3) is 0.909. The van der Waals surface area contributed by atoms with Crippen LogP contribution in [0.5, 0.6) is 0 Å². The minimum Gasteiger partial charge on any atom is -0.460 e. The smallest absolute Gasteiger partial charge is 0.306 e. The second kappa shape index (κ2) is 6.01. The molecule has 0 atom stereocenters. The maximum atomic E-state index is 11.2. The van der Waals surface area contributed by atoms with E-state index in [9.17, 15) is 4.79 Å². The van der Waals surface area contributed by atoms with Crippen LogP contribution in [-0.4, -0.2) is 11.6 Å². The van der Waals surface area contributed by atoms with Gasteiger partial charge in [-0.1, -0.05) is 26.2 Å². The third-order valence-corrected chi connectivity index (χ3v) is 1.65. The number of hydrogen-bond acceptors (Lipinski definition) is 2. The molecule has 0 spiro atoms. The summed E-state index contributed by atoms with van der Waals surface area (Å²) in [6, 6.07) is 0. The van der Waals surface area contributed by atoms with Crippen LogP contribution < -0.4 is 0 Å². The Hall–Kier alpha value is -0.530. The lowest BCUT2D eigenvalue weighted by atomic mass is 10.1. The highest BCUT2D eigenvalue weighted by molar-refractivity contribution is 5.69. The highest BCUT2D eigenvalue weighted by Gasteiger charge is 2.15. The molecule has 0 heterocycles. The summed E-state index contributed by atoms with van der Waals surface area (Å²) in [5.74, 6) is -0.0661. The van der Waals surface area contributed by atoms with Crippen LogP contribution in [0.15, 0.2) is 0 Å². The quantitative estimate of drug-likeness (QED) is 0.486. The van der Waals surface area contributed by atoms with Gasteiger partial charge < -0.3 is 4.74 Å². The van der Waals surface area contributed by atoms with Gasteiger partial charge in [0.25, 0.3) is 0 Å². The van der Waals surface area contributed by atoms with Gasteiger partial charge in [0.1, 0.15) is 5.60 Å². The van der Waals surface area contributed by atoms with Crippen LogP contribution in [0.1, 0.15) is 59.8 Å². The molecule has 0 rings (SSSR count). The molecule has 0 bridgehead atoms. The van der Waals surface area contributed by atoms with E-state index in [-0.39, 0.29) is 11.6 Å². The van der Waals surface area contributed by atoms with Crippen molar-refractivity contribution in [1.29, 1.82) is 0 Å². The van der Waals surface area contributed by atoms with Crippen molar-refractivity contribution in [2.75, 3.05) is 0 Å². The van der Waals surface area contributed by atoms with Gasteiger partial charge in [-0.3, -0.25) is 4.79 Å². The average molecular weight is 186 g/mol. The van der Waals surface area contributed by atoms with Gasteiger partial charge in [-0.2, -0.15) is 0 Å². The number of ether oxygens (including phenoxy) is 1. The van der Waals surface area contributed by atoms with Gasteiger partial charge in [0, 0.05) is 6.42 Å². The summed E-state index contributed by atoms with van der Waals surface area (Å²) in [4.78, 5) is 11.2. The van der Waals surface area contributed by atoms with E-state index in [4.69, 9.17) is 4.74 Å². The Balaban J connectivity index is 3.41. The van der Waals surface area contributed by atoms with E-state index < -0.39 is 0 Å². The molecule has 0 unspecified atom stereocenters. The zero-order valence-corrected chi connectivity index (χ0v) is 9.35. The summed E-state index contributed by atoms with van der Waals surface area (Å²) < 4.78 is 5.18. The van der Waals surface area contributed by atoms with Gasteiger partial charge in [0.2, 0.25) is 0 Å². The van der Waals surface area contributed by atoms with Crippen molar-refractivity contribution in [1.82, 2.24) is 0 Å². The molecule has 0 aliphatic carbocycles. The summed E-state index contributed by atoms with van der Waals surface area (Å²) in [5.41, 5.74) is -0.332. The fourth-order valence-electron chi connectivity index (χ4n) is 1.09. The Morgan fingerprint density at radius 2 is 1.77 bits per heavy atom.